The van der Waals surface area contributed by atoms with Crippen molar-refractivity contribution in [2.24, 2.45) is 10.7 Å². The molecule has 0 saturated carbocycles. The van der Waals surface area contributed by atoms with Crippen molar-refractivity contribution in [3.05, 3.63) is 36.2 Å². The van der Waals surface area contributed by atoms with Gasteiger partial charge >= 0.3 is 0 Å². The lowest BCUT2D eigenvalue weighted by atomic mass is 10.1. The zero-order chi connectivity index (χ0) is 15.1. The van der Waals surface area contributed by atoms with Gasteiger partial charge in [-0.25, -0.2) is 9.98 Å². The van der Waals surface area contributed by atoms with Gasteiger partial charge in [0.2, 0.25) is 0 Å². The van der Waals surface area contributed by atoms with E-state index in [9.17, 15) is 0 Å². The van der Waals surface area contributed by atoms with Gasteiger partial charge in [-0.05, 0) is 18.6 Å². The second kappa shape index (κ2) is 9.36. The van der Waals surface area contributed by atoms with Gasteiger partial charge in [0, 0.05) is 18.7 Å². The molecular formula is C14H21IN6O. The number of methoxy groups -OCH3 is 1. The van der Waals surface area contributed by atoms with Crippen LogP contribution in [0.25, 0.3) is 11.4 Å². The largest absolute Gasteiger partial charge is 0.383 e. The first-order chi connectivity index (χ1) is 10.2. The van der Waals surface area contributed by atoms with Gasteiger partial charge in [-0.3, -0.25) is 5.10 Å². The Balaban J connectivity index is 0.00000242. The molecule has 0 aliphatic heterocycles. The molecule has 0 saturated heterocycles. The van der Waals surface area contributed by atoms with Gasteiger partial charge in [0.25, 0.3) is 0 Å². The van der Waals surface area contributed by atoms with Crippen molar-refractivity contribution in [3.63, 3.8) is 0 Å². The number of hydrogen-bond acceptors (Lipinski definition) is 4. The second-order valence-corrected chi connectivity index (χ2v) is 4.74. The lowest BCUT2D eigenvalue weighted by molar-refractivity contribution is 0.179. The summed E-state index contributed by atoms with van der Waals surface area (Å²) >= 11 is 0. The van der Waals surface area contributed by atoms with Crippen LogP contribution in [0.15, 0.2) is 35.6 Å². The third-order valence-corrected chi connectivity index (χ3v) is 2.86. The number of nitrogens with one attached hydrogen (secondary N) is 2. The summed E-state index contributed by atoms with van der Waals surface area (Å²) in [5.74, 6) is 1.14. The van der Waals surface area contributed by atoms with E-state index >= 15 is 0 Å². The number of hydrogen-bond donors (Lipinski definition) is 3. The fraction of sp³-hybridized carbons (Fsp3) is 0.357. The topological polar surface area (TPSA) is 101 Å². The Hall–Kier alpha value is -1.68. The molecule has 0 spiro atoms. The van der Waals surface area contributed by atoms with Gasteiger partial charge in [0.05, 0.1) is 13.2 Å². The van der Waals surface area contributed by atoms with Gasteiger partial charge in [0.1, 0.15) is 6.33 Å². The predicted molar refractivity (Wildman–Crippen MR) is 97.0 cm³/mol. The molecule has 0 radical (unpaired) electrons. The summed E-state index contributed by atoms with van der Waals surface area (Å²) in [7, 11) is 1.65. The van der Waals surface area contributed by atoms with Crippen LogP contribution in [0.5, 0.6) is 0 Å². The number of ether oxygens (including phenoxy) is 1. The molecule has 4 N–H and O–H groups in total. The zero-order valence-electron chi connectivity index (χ0n) is 12.6. The molecule has 1 aromatic carbocycles. The quantitative estimate of drug-likeness (QED) is 0.377. The summed E-state index contributed by atoms with van der Waals surface area (Å²) in [5, 5.41) is 9.75. The number of aromatic nitrogens is 3. The normalized spacial score (nSPS) is 12.5. The van der Waals surface area contributed by atoms with Crippen molar-refractivity contribution in [3.8, 4) is 11.4 Å². The van der Waals surface area contributed by atoms with Gasteiger partial charge in [-0.1, -0.05) is 18.2 Å². The van der Waals surface area contributed by atoms with Gasteiger partial charge in [0.15, 0.2) is 11.8 Å². The summed E-state index contributed by atoms with van der Waals surface area (Å²) in [4.78, 5) is 8.45. The van der Waals surface area contributed by atoms with Crippen LogP contribution in [-0.2, 0) is 11.3 Å². The lowest BCUT2D eigenvalue weighted by Gasteiger charge is -2.13. The zero-order valence-corrected chi connectivity index (χ0v) is 14.9. The van der Waals surface area contributed by atoms with Crippen LogP contribution in [-0.4, -0.2) is 40.9 Å². The standard InChI is InChI=1S/C14H20N6O.HI/c1-10(8-21-2)19-14(15)16-7-11-4-3-5-12(6-11)13-17-9-18-20-13;/h3-6,9-10H,7-8H2,1-2H3,(H3,15,16,19)(H,17,18,20);1H. The lowest BCUT2D eigenvalue weighted by Crippen LogP contribution is -2.40. The minimum absolute atomic E-state index is 0. The van der Waals surface area contributed by atoms with Crippen LogP contribution in [0.2, 0.25) is 0 Å². The highest BCUT2D eigenvalue weighted by Crippen LogP contribution is 2.15. The maximum absolute atomic E-state index is 5.84. The number of rotatable bonds is 6. The summed E-state index contributed by atoms with van der Waals surface area (Å²) in [6, 6.07) is 8.06. The molecular weight excluding hydrogens is 395 g/mol. The number of halogens is 1. The molecule has 0 amide bonds. The molecule has 22 heavy (non-hydrogen) atoms. The van der Waals surface area contributed by atoms with E-state index in [1.165, 1.54) is 6.33 Å². The van der Waals surface area contributed by atoms with Gasteiger partial charge in [-0.2, -0.15) is 5.10 Å². The van der Waals surface area contributed by atoms with E-state index in [0.717, 1.165) is 17.0 Å². The van der Waals surface area contributed by atoms with E-state index in [2.05, 4.69) is 25.5 Å². The van der Waals surface area contributed by atoms with Crippen molar-refractivity contribution in [2.75, 3.05) is 13.7 Å². The van der Waals surface area contributed by atoms with E-state index in [1.807, 2.05) is 31.2 Å². The van der Waals surface area contributed by atoms with Crippen molar-refractivity contribution < 1.29 is 4.74 Å². The fourth-order valence-electron chi connectivity index (χ4n) is 1.93. The van der Waals surface area contributed by atoms with E-state index in [-0.39, 0.29) is 30.0 Å². The number of H-pyrrole nitrogens is 1. The first kappa shape index (κ1) is 18.4. The molecule has 0 fully saturated rings. The minimum Gasteiger partial charge on any atom is -0.383 e. The van der Waals surface area contributed by atoms with E-state index in [0.29, 0.717) is 19.1 Å². The van der Waals surface area contributed by atoms with Gasteiger partial charge < -0.3 is 15.8 Å². The Morgan fingerprint density at radius 1 is 1.50 bits per heavy atom. The first-order valence-corrected chi connectivity index (χ1v) is 6.69. The molecule has 0 bridgehead atoms. The van der Waals surface area contributed by atoms with Crippen LogP contribution < -0.4 is 11.1 Å². The Bertz CT molecular complexity index is 587. The SMILES string of the molecule is COCC(C)NC(N)=NCc1cccc(-c2ncn[nH]2)c1.I. The van der Waals surface area contributed by atoms with Crippen LogP contribution in [0, 0.1) is 0 Å². The van der Waals surface area contributed by atoms with Crippen LogP contribution in [0.4, 0.5) is 0 Å². The number of nitrogens with two attached hydrogens (primary N) is 1. The van der Waals surface area contributed by atoms with Crippen molar-refractivity contribution in [1.29, 1.82) is 0 Å². The van der Waals surface area contributed by atoms with Crippen LogP contribution in [0.3, 0.4) is 0 Å². The molecule has 8 heteroatoms. The molecule has 0 aliphatic rings. The number of nitrogens with zero attached hydrogens (tertiary/aromatic N) is 3. The predicted octanol–water partition coefficient (Wildman–Crippen LogP) is 1.53. The maximum atomic E-state index is 5.84. The van der Waals surface area contributed by atoms with Crippen LogP contribution in [0.1, 0.15) is 12.5 Å². The molecule has 1 unspecified atom stereocenters. The summed E-state index contributed by atoms with van der Waals surface area (Å²) in [6.07, 6.45) is 1.49. The smallest absolute Gasteiger partial charge is 0.189 e. The van der Waals surface area contributed by atoms with E-state index in [1.54, 1.807) is 7.11 Å². The van der Waals surface area contributed by atoms with E-state index < -0.39 is 0 Å². The van der Waals surface area contributed by atoms with Crippen LogP contribution >= 0.6 is 24.0 Å². The second-order valence-electron chi connectivity index (χ2n) is 4.74. The van der Waals surface area contributed by atoms with Crippen molar-refractivity contribution in [2.45, 2.75) is 19.5 Å². The fourth-order valence-corrected chi connectivity index (χ4v) is 1.93. The highest BCUT2D eigenvalue weighted by Gasteiger charge is 2.03. The molecule has 2 rings (SSSR count). The van der Waals surface area contributed by atoms with E-state index in [4.69, 9.17) is 10.5 Å². The number of aromatic amines is 1. The maximum Gasteiger partial charge on any atom is 0.189 e. The average molecular weight is 416 g/mol. The first-order valence-electron chi connectivity index (χ1n) is 6.69. The highest BCUT2D eigenvalue weighted by atomic mass is 127. The number of aliphatic imine (C=N–C) groups is 1. The van der Waals surface area contributed by atoms with Crippen molar-refractivity contribution >= 4 is 29.9 Å². The summed E-state index contributed by atoms with van der Waals surface area (Å²) in [6.45, 7) is 3.06. The summed E-state index contributed by atoms with van der Waals surface area (Å²) in [5.41, 5.74) is 7.86. The Kier molecular flexibility index (Phi) is 7.82. The van der Waals surface area contributed by atoms with Gasteiger partial charge in [-0.15, -0.1) is 24.0 Å². The third kappa shape index (κ3) is 5.60. The molecule has 2 aromatic rings. The molecule has 1 heterocycles. The molecule has 1 aromatic heterocycles. The monoisotopic (exact) mass is 416 g/mol. The minimum atomic E-state index is 0. The third-order valence-electron chi connectivity index (χ3n) is 2.86. The molecule has 1 atom stereocenters. The summed E-state index contributed by atoms with van der Waals surface area (Å²) < 4.78 is 5.03. The molecule has 7 nitrogen and oxygen atoms in total. The Morgan fingerprint density at radius 3 is 3.00 bits per heavy atom. The molecule has 120 valence electrons. The van der Waals surface area contributed by atoms with Crippen molar-refractivity contribution in [1.82, 2.24) is 20.5 Å². The number of benzene rings is 1. The highest BCUT2D eigenvalue weighted by molar-refractivity contribution is 14.0. The molecule has 0 aliphatic carbocycles. The average Bonchev–Trinajstić information content (AvgIpc) is 3.00. The Morgan fingerprint density at radius 2 is 2.32 bits per heavy atom. The number of guanidine groups is 1. The Labute approximate surface area is 146 Å².